The summed E-state index contributed by atoms with van der Waals surface area (Å²) in [7, 11) is 0. The quantitative estimate of drug-likeness (QED) is 0.916. The van der Waals surface area contributed by atoms with Crippen LogP contribution in [-0.4, -0.2) is 35.7 Å². The van der Waals surface area contributed by atoms with Crippen molar-refractivity contribution >= 4 is 28.4 Å². The SMILES string of the molecule is Clc1cccc2onc(N[C@H]3CN4CCC3CC4)c12. The fourth-order valence-corrected chi connectivity index (χ4v) is 3.61. The van der Waals surface area contributed by atoms with E-state index in [1.807, 2.05) is 18.2 Å². The van der Waals surface area contributed by atoms with Crippen LogP contribution in [0.4, 0.5) is 5.82 Å². The highest BCUT2D eigenvalue weighted by Gasteiger charge is 2.34. The van der Waals surface area contributed by atoms with Gasteiger partial charge in [0.1, 0.15) is 0 Å². The maximum absolute atomic E-state index is 6.25. The molecule has 3 aliphatic heterocycles. The van der Waals surface area contributed by atoms with Crippen molar-refractivity contribution in [3.8, 4) is 0 Å². The Morgan fingerprint density at radius 2 is 2.16 bits per heavy atom. The molecule has 1 atom stereocenters. The van der Waals surface area contributed by atoms with Gasteiger partial charge in [-0.1, -0.05) is 22.8 Å². The number of fused-ring (bicyclic) bond motifs is 4. The molecule has 0 radical (unpaired) electrons. The fourth-order valence-electron chi connectivity index (χ4n) is 3.35. The Balaban J connectivity index is 1.65. The number of nitrogens with zero attached hydrogens (tertiary/aromatic N) is 2. The van der Waals surface area contributed by atoms with Gasteiger partial charge in [-0.3, -0.25) is 0 Å². The summed E-state index contributed by atoms with van der Waals surface area (Å²) in [6, 6.07) is 6.12. The van der Waals surface area contributed by atoms with E-state index >= 15 is 0 Å². The summed E-state index contributed by atoms with van der Waals surface area (Å²) in [6.07, 6.45) is 2.56. The van der Waals surface area contributed by atoms with Crippen LogP contribution in [0.5, 0.6) is 0 Å². The number of hydrogen-bond donors (Lipinski definition) is 1. The monoisotopic (exact) mass is 277 g/mol. The number of benzene rings is 1. The van der Waals surface area contributed by atoms with Crippen LogP contribution in [0.15, 0.2) is 22.7 Å². The number of hydrogen-bond acceptors (Lipinski definition) is 4. The smallest absolute Gasteiger partial charge is 0.179 e. The van der Waals surface area contributed by atoms with E-state index in [-0.39, 0.29) is 0 Å². The number of anilines is 1. The van der Waals surface area contributed by atoms with Gasteiger partial charge in [-0.2, -0.15) is 0 Å². The summed E-state index contributed by atoms with van der Waals surface area (Å²) >= 11 is 6.25. The Morgan fingerprint density at radius 3 is 2.89 bits per heavy atom. The van der Waals surface area contributed by atoms with Crippen molar-refractivity contribution < 1.29 is 4.52 Å². The average molecular weight is 278 g/mol. The normalized spacial score (nSPS) is 29.8. The van der Waals surface area contributed by atoms with Crippen molar-refractivity contribution in [2.45, 2.75) is 18.9 Å². The van der Waals surface area contributed by atoms with Crippen molar-refractivity contribution in [1.82, 2.24) is 10.1 Å². The predicted molar refractivity (Wildman–Crippen MR) is 75.6 cm³/mol. The summed E-state index contributed by atoms with van der Waals surface area (Å²) in [5, 5.41) is 9.29. The summed E-state index contributed by atoms with van der Waals surface area (Å²) < 4.78 is 5.34. The molecule has 4 heterocycles. The third kappa shape index (κ3) is 1.90. The fraction of sp³-hybridized carbons (Fsp3) is 0.500. The molecule has 0 spiro atoms. The zero-order valence-electron chi connectivity index (χ0n) is 10.6. The molecule has 0 saturated carbocycles. The number of nitrogens with one attached hydrogen (secondary N) is 1. The van der Waals surface area contributed by atoms with Gasteiger partial charge in [0.25, 0.3) is 0 Å². The van der Waals surface area contributed by atoms with Crippen molar-refractivity contribution in [2.75, 3.05) is 25.0 Å². The van der Waals surface area contributed by atoms with Crippen molar-refractivity contribution in [1.29, 1.82) is 0 Å². The highest BCUT2D eigenvalue weighted by atomic mass is 35.5. The summed E-state index contributed by atoms with van der Waals surface area (Å²) in [5.41, 5.74) is 0.747. The van der Waals surface area contributed by atoms with Crippen LogP contribution in [0.25, 0.3) is 11.0 Å². The average Bonchev–Trinajstić information content (AvgIpc) is 2.85. The van der Waals surface area contributed by atoms with Crippen LogP contribution >= 0.6 is 11.6 Å². The molecule has 100 valence electrons. The molecule has 2 aromatic rings. The summed E-state index contributed by atoms with van der Waals surface area (Å²) in [5.74, 6) is 1.54. The Hall–Kier alpha value is -1.26. The molecule has 1 aromatic heterocycles. The number of rotatable bonds is 2. The predicted octanol–water partition coefficient (Wildman–Crippen LogP) is 2.99. The summed E-state index contributed by atoms with van der Waals surface area (Å²) in [4.78, 5) is 2.52. The lowest BCUT2D eigenvalue weighted by Gasteiger charge is -2.44. The zero-order valence-corrected chi connectivity index (χ0v) is 11.4. The van der Waals surface area contributed by atoms with Gasteiger partial charge in [-0.25, -0.2) is 0 Å². The van der Waals surface area contributed by atoms with Crippen LogP contribution in [-0.2, 0) is 0 Å². The zero-order chi connectivity index (χ0) is 12.8. The maximum Gasteiger partial charge on any atom is 0.179 e. The molecule has 2 bridgehead atoms. The minimum Gasteiger partial charge on any atom is -0.362 e. The van der Waals surface area contributed by atoms with Gasteiger partial charge in [0.2, 0.25) is 0 Å². The first-order valence-electron chi connectivity index (χ1n) is 6.84. The van der Waals surface area contributed by atoms with Gasteiger partial charge in [0.05, 0.1) is 10.4 Å². The molecule has 0 aliphatic carbocycles. The Labute approximate surface area is 116 Å². The van der Waals surface area contributed by atoms with Gasteiger partial charge in [-0.15, -0.1) is 0 Å². The van der Waals surface area contributed by atoms with Crippen LogP contribution in [0.2, 0.25) is 5.02 Å². The lowest BCUT2D eigenvalue weighted by Crippen LogP contribution is -2.53. The third-order valence-electron chi connectivity index (χ3n) is 4.43. The first-order chi connectivity index (χ1) is 9.31. The number of piperidine rings is 3. The molecule has 5 rings (SSSR count). The van der Waals surface area contributed by atoms with Gasteiger partial charge >= 0.3 is 0 Å². The Morgan fingerprint density at radius 1 is 1.32 bits per heavy atom. The van der Waals surface area contributed by atoms with Crippen LogP contribution < -0.4 is 5.32 Å². The van der Waals surface area contributed by atoms with E-state index in [2.05, 4.69) is 15.4 Å². The lowest BCUT2D eigenvalue weighted by molar-refractivity contribution is 0.0973. The molecular weight excluding hydrogens is 262 g/mol. The standard InChI is InChI=1S/C14H16ClN3O/c15-10-2-1-3-12-13(10)14(17-19-12)16-11-8-18-6-4-9(11)5-7-18/h1-3,9,11H,4-8H2,(H,16,17)/t11-/m0/s1. The molecule has 5 heteroatoms. The second-order valence-corrected chi connectivity index (χ2v) is 5.94. The third-order valence-corrected chi connectivity index (χ3v) is 4.74. The first kappa shape index (κ1) is 11.6. The molecule has 1 aromatic carbocycles. The molecule has 1 N–H and O–H groups in total. The van der Waals surface area contributed by atoms with Crippen LogP contribution in [0.3, 0.4) is 0 Å². The summed E-state index contributed by atoms with van der Waals surface area (Å²) in [6.45, 7) is 3.58. The Kier molecular flexibility index (Phi) is 2.67. The van der Waals surface area contributed by atoms with E-state index in [0.29, 0.717) is 11.1 Å². The lowest BCUT2D eigenvalue weighted by atomic mass is 9.84. The van der Waals surface area contributed by atoms with Crippen molar-refractivity contribution in [3.05, 3.63) is 23.2 Å². The maximum atomic E-state index is 6.25. The van der Waals surface area contributed by atoms with E-state index in [0.717, 1.165) is 29.2 Å². The molecular formula is C14H16ClN3O. The van der Waals surface area contributed by atoms with Crippen molar-refractivity contribution in [2.24, 2.45) is 5.92 Å². The second kappa shape index (κ2) is 4.39. The first-order valence-corrected chi connectivity index (χ1v) is 7.22. The van der Waals surface area contributed by atoms with Crippen LogP contribution in [0.1, 0.15) is 12.8 Å². The van der Waals surface area contributed by atoms with Gasteiger partial charge in [-0.05, 0) is 44.0 Å². The molecule has 0 amide bonds. The van der Waals surface area contributed by atoms with E-state index < -0.39 is 0 Å². The molecule has 3 fully saturated rings. The highest BCUT2D eigenvalue weighted by molar-refractivity contribution is 6.36. The molecule has 3 saturated heterocycles. The number of aromatic nitrogens is 1. The van der Waals surface area contributed by atoms with E-state index in [9.17, 15) is 0 Å². The highest BCUT2D eigenvalue weighted by Crippen LogP contribution is 2.34. The molecule has 3 aliphatic rings. The minimum absolute atomic E-state index is 0.465. The van der Waals surface area contributed by atoms with Gasteiger partial charge < -0.3 is 14.7 Å². The second-order valence-electron chi connectivity index (χ2n) is 5.53. The van der Waals surface area contributed by atoms with Gasteiger partial charge in [0.15, 0.2) is 11.4 Å². The largest absolute Gasteiger partial charge is 0.362 e. The Bertz CT molecular complexity index is 604. The van der Waals surface area contributed by atoms with E-state index in [1.165, 1.54) is 25.9 Å². The molecule has 4 nitrogen and oxygen atoms in total. The number of halogens is 1. The molecule has 0 unspecified atom stereocenters. The minimum atomic E-state index is 0.465. The van der Waals surface area contributed by atoms with Gasteiger partial charge in [0, 0.05) is 12.6 Å². The topological polar surface area (TPSA) is 41.3 Å². The van der Waals surface area contributed by atoms with Crippen LogP contribution in [0, 0.1) is 5.92 Å². The van der Waals surface area contributed by atoms with Crippen molar-refractivity contribution in [3.63, 3.8) is 0 Å². The van der Waals surface area contributed by atoms with E-state index in [4.69, 9.17) is 16.1 Å². The van der Waals surface area contributed by atoms with E-state index in [1.54, 1.807) is 0 Å². The molecule has 19 heavy (non-hydrogen) atoms.